The highest BCUT2D eigenvalue weighted by Gasteiger charge is 2.29. The summed E-state index contributed by atoms with van der Waals surface area (Å²) in [5, 5.41) is 8.12. The summed E-state index contributed by atoms with van der Waals surface area (Å²) < 4.78 is 11.0. The molecular formula is C29H29Cl2N3O5S. The SMILES string of the molecule is CCOC(=O)c1c(NC(=O)c2ccc(OC(C)C(=O)N/N=C/c3c(Cl)cccc3Cl)cc2)sc2c1CCC(C)C2. The third-order valence-electron chi connectivity index (χ3n) is 6.38. The van der Waals surface area contributed by atoms with Gasteiger partial charge in [0.2, 0.25) is 0 Å². The number of rotatable bonds is 9. The van der Waals surface area contributed by atoms with Gasteiger partial charge in [0, 0.05) is 16.0 Å². The average Bonchev–Trinajstić information content (AvgIpc) is 3.27. The van der Waals surface area contributed by atoms with Gasteiger partial charge in [-0.3, -0.25) is 9.59 Å². The monoisotopic (exact) mass is 601 g/mol. The molecule has 1 aliphatic carbocycles. The fourth-order valence-electron chi connectivity index (χ4n) is 4.26. The van der Waals surface area contributed by atoms with Crippen LogP contribution in [0.3, 0.4) is 0 Å². The van der Waals surface area contributed by atoms with Crippen LogP contribution in [-0.2, 0) is 22.4 Å². The standard InChI is InChI=1S/C29H29Cl2N3O5S/c1-4-38-29(37)25-20-13-8-16(2)14-24(20)40-28(25)33-27(36)18-9-11-19(12-10-18)39-17(3)26(35)34-32-15-21-22(30)6-5-7-23(21)31/h5-7,9-12,15-17H,4,8,13-14H2,1-3H3,(H,33,36)(H,34,35)/b32-15+. The van der Waals surface area contributed by atoms with Crippen LogP contribution in [0.2, 0.25) is 10.0 Å². The number of hydrogen-bond acceptors (Lipinski definition) is 7. The van der Waals surface area contributed by atoms with Crippen LogP contribution in [0.1, 0.15) is 63.9 Å². The van der Waals surface area contributed by atoms with E-state index < -0.39 is 18.0 Å². The van der Waals surface area contributed by atoms with E-state index in [1.807, 2.05) is 0 Å². The molecule has 1 heterocycles. The van der Waals surface area contributed by atoms with Crippen LogP contribution in [-0.4, -0.2) is 36.7 Å². The van der Waals surface area contributed by atoms with Crippen LogP contribution in [0.5, 0.6) is 5.75 Å². The summed E-state index contributed by atoms with van der Waals surface area (Å²) in [6.07, 6.45) is 3.14. The van der Waals surface area contributed by atoms with Crippen molar-refractivity contribution in [1.82, 2.24) is 5.43 Å². The van der Waals surface area contributed by atoms with Gasteiger partial charge in [-0.15, -0.1) is 11.3 Å². The van der Waals surface area contributed by atoms with Crippen LogP contribution in [0.4, 0.5) is 5.00 Å². The molecule has 4 rings (SSSR count). The largest absolute Gasteiger partial charge is 0.481 e. The van der Waals surface area contributed by atoms with Gasteiger partial charge in [-0.2, -0.15) is 5.10 Å². The van der Waals surface area contributed by atoms with E-state index in [4.69, 9.17) is 32.7 Å². The molecular weight excluding hydrogens is 573 g/mol. The number of hydrazone groups is 1. The van der Waals surface area contributed by atoms with E-state index in [1.165, 1.54) is 17.6 Å². The number of hydrogen-bond donors (Lipinski definition) is 2. The molecule has 2 aromatic carbocycles. The lowest BCUT2D eigenvalue weighted by molar-refractivity contribution is -0.127. The zero-order valence-corrected chi connectivity index (χ0v) is 24.6. The highest BCUT2D eigenvalue weighted by atomic mass is 35.5. The van der Waals surface area contributed by atoms with Crippen molar-refractivity contribution < 1.29 is 23.9 Å². The number of nitrogens with one attached hydrogen (secondary N) is 2. The summed E-state index contributed by atoms with van der Waals surface area (Å²) in [4.78, 5) is 39.3. The van der Waals surface area contributed by atoms with E-state index in [2.05, 4.69) is 22.8 Å². The Morgan fingerprint density at radius 2 is 1.85 bits per heavy atom. The number of carbonyl (C=O) groups excluding carboxylic acids is 3. The number of halogens is 2. The molecule has 210 valence electrons. The van der Waals surface area contributed by atoms with Crippen molar-refractivity contribution in [3.63, 3.8) is 0 Å². The molecule has 0 fully saturated rings. The second kappa shape index (κ2) is 13.3. The maximum atomic E-state index is 13.1. The number of ether oxygens (including phenoxy) is 2. The molecule has 2 atom stereocenters. The number of benzene rings is 2. The van der Waals surface area contributed by atoms with Crippen LogP contribution in [0.15, 0.2) is 47.6 Å². The van der Waals surface area contributed by atoms with Gasteiger partial charge in [-0.1, -0.05) is 36.2 Å². The molecule has 1 aliphatic rings. The van der Waals surface area contributed by atoms with Crippen molar-refractivity contribution in [3.05, 3.63) is 79.6 Å². The number of anilines is 1. The molecule has 0 bridgehead atoms. The minimum absolute atomic E-state index is 0.257. The van der Waals surface area contributed by atoms with E-state index in [9.17, 15) is 14.4 Å². The van der Waals surface area contributed by atoms with E-state index >= 15 is 0 Å². The van der Waals surface area contributed by atoms with Gasteiger partial charge < -0.3 is 14.8 Å². The van der Waals surface area contributed by atoms with E-state index in [0.29, 0.717) is 43.4 Å². The summed E-state index contributed by atoms with van der Waals surface area (Å²) in [7, 11) is 0. The Bertz CT molecular complexity index is 1420. The lowest BCUT2D eigenvalue weighted by Gasteiger charge is -2.18. The van der Waals surface area contributed by atoms with Gasteiger partial charge in [0.25, 0.3) is 11.8 Å². The maximum absolute atomic E-state index is 13.1. The Kier molecular flexibility index (Phi) is 9.84. The van der Waals surface area contributed by atoms with Crippen LogP contribution in [0, 0.1) is 5.92 Å². The Morgan fingerprint density at radius 1 is 1.15 bits per heavy atom. The zero-order chi connectivity index (χ0) is 28.8. The molecule has 11 heteroatoms. The van der Waals surface area contributed by atoms with Crippen molar-refractivity contribution in [2.75, 3.05) is 11.9 Å². The molecule has 0 aliphatic heterocycles. The fraction of sp³-hybridized carbons (Fsp3) is 0.310. The molecule has 2 N–H and O–H groups in total. The Labute approximate surface area is 246 Å². The third kappa shape index (κ3) is 7.02. The fourth-order valence-corrected chi connectivity index (χ4v) is 6.15. The summed E-state index contributed by atoms with van der Waals surface area (Å²) in [5.74, 6) is -0.342. The van der Waals surface area contributed by atoms with Crippen molar-refractivity contribution in [2.45, 2.75) is 46.1 Å². The number of fused-ring (bicyclic) bond motifs is 1. The smallest absolute Gasteiger partial charge is 0.341 e. The van der Waals surface area contributed by atoms with Gasteiger partial charge in [-0.05, 0) is 81.0 Å². The lowest BCUT2D eigenvalue weighted by atomic mass is 9.88. The molecule has 8 nitrogen and oxygen atoms in total. The molecule has 2 amide bonds. The van der Waals surface area contributed by atoms with Crippen molar-refractivity contribution in [2.24, 2.45) is 11.0 Å². The maximum Gasteiger partial charge on any atom is 0.341 e. The number of nitrogens with zero attached hydrogens (tertiary/aromatic N) is 1. The van der Waals surface area contributed by atoms with E-state index in [1.54, 1.807) is 56.3 Å². The third-order valence-corrected chi connectivity index (χ3v) is 8.21. The molecule has 0 saturated heterocycles. The van der Waals surface area contributed by atoms with Crippen LogP contribution in [0.25, 0.3) is 0 Å². The quantitative estimate of drug-likeness (QED) is 0.165. The highest BCUT2D eigenvalue weighted by molar-refractivity contribution is 7.17. The number of esters is 1. The van der Waals surface area contributed by atoms with E-state index in [-0.39, 0.29) is 12.5 Å². The number of amides is 2. The molecule has 2 unspecified atom stereocenters. The summed E-state index contributed by atoms with van der Waals surface area (Å²) in [6, 6.07) is 11.4. The second-order valence-electron chi connectivity index (χ2n) is 9.38. The molecule has 0 radical (unpaired) electrons. The minimum Gasteiger partial charge on any atom is -0.481 e. The molecule has 0 saturated carbocycles. The Morgan fingerprint density at radius 3 is 2.52 bits per heavy atom. The topological polar surface area (TPSA) is 106 Å². The summed E-state index contributed by atoms with van der Waals surface area (Å²) in [6.45, 7) is 5.77. The first kappa shape index (κ1) is 29.6. The van der Waals surface area contributed by atoms with Crippen molar-refractivity contribution in [3.8, 4) is 5.75 Å². The van der Waals surface area contributed by atoms with Crippen molar-refractivity contribution >= 4 is 63.5 Å². The van der Waals surface area contributed by atoms with Gasteiger partial charge in [0.05, 0.1) is 28.4 Å². The van der Waals surface area contributed by atoms with Gasteiger partial charge in [-0.25, -0.2) is 10.2 Å². The zero-order valence-electron chi connectivity index (χ0n) is 22.3. The Balaban J connectivity index is 1.38. The molecule has 0 spiro atoms. The first-order chi connectivity index (χ1) is 19.2. The van der Waals surface area contributed by atoms with Crippen LogP contribution >= 0.6 is 34.5 Å². The molecule has 3 aromatic rings. The second-order valence-corrected chi connectivity index (χ2v) is 11.3. The van der Waals surface area contributed by atoms with Gasteiger partial charge in [0.1, 0.15) is 10.8 Å². The van der Waals surface area contributed by atoms with Gasteiger partial charge in [0.15, 0.2) is 6.10 Å². The Hall–Kier alpha value is -3.40. The average molecular weight is 603 g/mol. The normalized spacial score (nSPS) is 15.3. The molecule has 40 heavy (non-hydrogen) atoms. The highest BCUT2D eigenvalue weighted by Crippen LogP contribution is 2.40. The predicted molar refractivity (Wildman–Crippen MR) is 158 cm³/mol. The predicted octanol–water partition coefficient (Wildman–Crippen LogP) is 6.53. The van der Waals surface area contributed by atoms with E-state index in [0.717, 1.165) is 29.7 Å². The number of thiophene rings is 1. The first-order valence-electron chi connectivity index (χ1n) is 12.8. The number of carbonyl (C=O) groups is 3. The minimum atomic E-state index is -0.870. The molecule has 1 aromatic heterocycles. The van der Waals surface area contributed by atoms with Crippen molar-refractivity contribution in [1.29, 1.82) is 0 Å². The summed E-state index contributed by atoms with van der Waals surface area (Å²) in [5.41, 5.74) is 4.70. The summed E-state index contributed by atoms with van der Waals surface area (Å²) >= 11 is 13.6. The lowest BCUT2D eigenvalue weighted by Crippen LogP contribution is -2.33. The van der Waals surface area contributed by atoms with Crippen LogP contribution < -0.4 is 15.5 Å². The van der Waals surface area contributed by atoms with Gasteiger partial charge >= 0.3 is 5.97 Å². The first-order valence-corrected chi connectivity index (χ1v) is 14.4.